The molecule has 1 heterocycles. The fraction of sp³-hybridized carbons (Fsp3) is 1.00. The van der Waals surface area contributed by atoms with Crippen molar-refractivity contribution in [1.82, 2.24) is 0 Å². The number of rotatable bonds is 3. The molecule has 0 aliphatic carbocycles. The van der Waals surface area contributed by atoms with E-state index in [1.165, 1.54) is 7.11 Å². The van der Waals surface area contributed by atoms with Gasteiger partial charge in [-0.3, -0.25) is 0 Å². The monoisotopic (exact) mass is 186 g/mol. The Morgan fingerprint density at radius 1 is 1.77 bits per heavy atom. The van der Waals surface area contributed by atoms with Crippen LogP contribution in [0.1, 0.15) is 6.92 Å². The molecule has 74 valence electrons. The van der Waals surface area contributed by atoms with Crippen LogP contribution in [-0.2, 0) is 9.47 Å². The Bertz CT molecular complexity index is 170. The van der Waals surface area contributed by atoms with Crippen LogP contribution < -0.4 is 0 Å². The van der Waals surface area contributed by atoms with E-state index in [-0.39, 0.29) is 19.0 Å². The number of aliphatic hydroxyl groups is 2. The maximum atomic E-state index is 9.78. The first-order chi connectivity index (χ1) is 6.07. The summed E-state index contributed by atoms with van der Waals surface area (Å²) in [5.74, 6) is -0.279. The summed E-state index contributed by atoms with van der Waals surface area (Å²) in [7, 11) is 7.03. The zero-order chi connectivity index (χ0) is 10.1. The summed E-state index contributed by atoms with van der Waals surface area (Å²) in [6.45, 7) is 1.65. The third-order valence-corrected chi connectivity index (χ3v) is 2.56. The van der Waals surface area contributed by atoms with Crippen LogP contribution in [0, 0.1) is 0 Å². The lowest BCUT2D eigenvalue weighted by Gasteiger charge is -2.29. The fourth-order valence-electron chi connectivity index (χ4n) is 1.54. The second-order valence-electron chi connectivity index (χ2n) is 3.51. The van der Waals surface area contributed by atoms with Crippen molar-refractivity contribution in [3.05, 3.63) is 0 Å². The molecule has 2 unspecified atom stereocenters. The van der Waals surface area contributed by atoms with Crippen LogP contribution in [0.3, 0.4) is 0 Å². The van der Waals surface area contributed by atoms with Gasteiger partial charge in [-0.1, -0.05) is 12.7 Å². The van der Waals surface area contributed by atoms with Crippen LogP contribution in [0.2, 0.25) is 5.82 Å². The Kier molecular flexibility index (Phi) is 3.35. The van der Waals surface area contributed by atoms with E-state index in [0.29, 0.717) is 0 Å². The largest absolute Gasteiger partial charge is 0.393 e. The molecule has 2 radical (unpaired) electrons. The molecule has 0 aromatic rings. The minimum Gasteiger partial charge on any atom is -0.393 e. The summed E-state index contributed by atoms with van der Waals surface area (Å²) in [6.07, 6.45) is -1.34. The SMILES string of the molecule is [B][C@H](C)C1OC[C@](CO)(OC)C1O. The van der Waals surface area contributed by atoms with E-state index in [4.69, 9.17) is 22.4 Å². The first-order valence-electron chi connectivity index (χ1n) is 4.28. The maximum absolute atomic E-state index is 9.78. The van der Waals surface area contributed by atoms with Crippen LogP contribution >= 0.6 is 0 Å². The van der Waals surface area contributed by atoms with Gasteiger partial charge in [0.05, 0.1) is 27.2 Å². The van der Waals surface area contributed by atoms with Crippen molar-refractivity contribution in [2.24, 2.45) is 0 Å². The highest BCUT2D eigenvalue weighted by Crippen LogP contribution is 2.32. The summed E-state index contributed by atoms with van der Waals surface area (Å²) in [4.78, 5) is 0. The van der Waals surface area contributed by atoms with E-state index < -0.39 is 17.8 Å². The molecule has 4 atom stereocenters. The quantitative estimate of drug-likeness (QED) is 0.561. The lowest BCUT2D eigenvalue weighted by atomic mass is 9.79. The molecule has 0 aromatic heterocycles. The van der Waals surface area contributed by atoms with Crippen molar-refractivity contribution >= 4 is 7.85 Å². The molecule has 0 spiro atoms. The van der Waals surface area contributed by atoms with Gasteiger partial charge in [0.1, 0.15) is 11.7 Å². The van der Waals surface area contributed by atoms with Crippen LogP contribution in [0.15, 0.2) is 0 Å². The molecular weight excluding hydrogens is 171 g/mol. The van der Waals surface area contributed by atoms with E-state index in [2.05, 4.69) is 0 Å². The molecule has 1 aliphatic heterocycles. The predicted octanol–water partition coefficient (Wildman–Crippen LogP) is -0.900. The number of hydrogen-bond donors (Lipinski definition) is 2. The lowest BCUT2D eigenvalue weighted by Crippen LogP contribution is -2.49. The van der Waals surface area contributed by atoms with Gasteiger partial charge >= 0.3 is 0 Å². The molecule has 13 heavy (non-hydrogen) atoms. The Hall–Kier alpha value is -0.0951. The van der Waals surface area contributed by atoms with Gasteiger partial charge in [-0.25, -0.2) is 0 Å². The third kappa shape index (κ3) is 1.74. The van der Waals surface area contributed by atoms with Crippen LogP contribution in [0.25, 0.3) is 0 Å². The Morgan fingerprint density at radius 3 is 2.62 bits per heavy atom. The Balaban J connectivity index is 2.73. The molecule has 1 fully saturated rings. The minimum absolute atomic E-state index is 0.174. The smallest absolute Gasteiger partial charge is 0.142 e. The number of ether oxygens (including phenoxy) is 2. The van der Waals surface area contributed by atoms with Gasteiger partial charge in [-0.2, -0.15) is 0 Å². The average Bonchev–Trinajstić information content (AvgIpc) is 2.43. The van der Waals surface area contributed by atoms with Gasteiger partial charge in [0, 0.05) is 7.11 Å². The van der Waals surface area contributed by atoms with Crippen molar-refractivity contribution in [2.75, 3.05) is 20.3 Å². The second-order valence-corrected chi connectivity index (χ2v) is 3.51. The van der Waals surface area contributed by atoms with E-state index in [1.54, 1.807) is 6.92 Å². The molecule has 0 saturated carbocycles. The first-order valence-corrected chi connectivity index (χ1v) is 4.28. The number of aliphatic hydroxyl groups excluding tert-OH is 2. The topological polar surface area (TPSA) is 58.9 Å². The second kappa shape index (κ2) is 3.96. The van der Waals surface area contributed by atoms with Crippen LogP contribution in [-0.4, -0.2) is 56.2 Å². The molecule has 2 N–H and O–H groups in total. The molecule has 1 aliphatic rings. The first kappa shape index (κ1) is 11.0. The highest BCUT2D eigenvalue weighted by molar-refractivity contribution is 6.11. The Labute approximate surface area is 79.3 Å². The third-order valence-electron chi connectivity index (χ3n) is 2.56. The number of hydrogen-bond acceptors (Lipinski definition) is 4. The molecule has 0 aromatic carbocycles. The van der Waals surface area contributed by atoms with E-state index in [9.17, 15) is 5.11 Å². The highest BCUT2D eigenvalue weighted by Gasteiger charge is 2.49. The van der Waals surface area contributed by atoms with Crippen molar-refractivity contribution in [3.63, 3.8) is 0 Å². The van der Waals surface area contributed by atoms with Gasteiger partial charge in [-0.15, -0.1) is 0 Å². The zero-order valence-electron chi connectivity index (χ0n) is 7.93. The maximum Gasteiger partial charge on any atom is 0.142 e. The predicted molar refractivity (Wildman–Crippen MR) is 47.8 cm³/mol. The fourth-order valence-corrected chi connectivity index (χ4v) is 1.54. The molecule has 1 rings (SSSR count). The number of methoxy groups -OCH3 is 1. The summed E-state index contributed by atoms with van der Waals surface area (Å²) < 4.78 is 10.3. The highest BCUT2D eigenvalue weighted by atomic mass is 16.6. The Morgan fingerprint density at radius 2 is 2.38 bits per heavy atom. The summed E-state index contributed by atoms with van der Waals surface area (Å²) in [5, 5.41) is 18.9. The molecule has 1 saturated heterocycles. The molecule has 0 amide bonds. The van der Waals surface area contributed by atoms with E-state index in [0.717, 1.165) is 0 Å². The molecule has 5 heteroatoms. The van der Waals surface area contributed by atoms with Gasteiger partial charge in [-0.05, 0) is 0 Å². The average molecular weight is 186 g/mol. The summed E-state index contributed by atoms with van der Waals surface area (Å²) >= 11 is 0. The van der Waals surface area contributed by atoms with Gasteiger partial charge in [0.25, 0.3) is 0 Å². The normalized spacial score (nSPS) is 42.2. The van der Waals surface area contributed by atoms with Gasteiger partial charge in [0.15, 0.2) is 0 Å². The summed E-state index contributed by atoms with van der Waals surface area (Å²) in [5.41, 5.74) is -1.00. The van der Waals surface area contributed by atoms with Crippen molar-refractivity contribution < 1.29 is 19.7 Å². The van der Waals surface area contributed by atoms with E-state index in [1.807, 2.05) is 0 Å². The van der Waals surface area contributed by atoms with E-state index >= 15 is 0 Å². The van der Waals surface area contributed by atoms with Crippen molar-refractivity contribution in [1.29, 1.82) is 0 Å². The van der Waals surface area contributed by atoms with Crippen LogP contribution in [0.5, 0.6) is 0 Å². The molecule has 0 bridgehead atoms. The van der Waals surface area contributed by atoms with Crippen molar-refractivity contribution in [3.8, 4) is 0 Å². The standard InChI is InChI=1S/C8H15BO4/c1-5(9)6-7(11)8(3-10,12-2)4-13-6/h5-7,10-11H,3-4H2,1-2H3/t5-,6?,7?,8+/m1/s1. The van der Waals surface area contributed by atoms with Crippen molar-refractivity contribution in [2.45, 2.75) is 30.5 Å². The van der Waals surface area contributed by atoms with Crippen LogP contribution in [0.4, 0.5) is 0 Å². The zero-order valence-corrected chi connectivity index (χ0v) is 7.93. The van der Waals surface area contributed by atoms with Gasteiger partial charge < -0.3 is 19.7 Å². The van der Waals surface area contributed by atoms with Gasteiger partial charge in [0.2, 0.25) is 0 Å². The minimum atomic E-state index is -1.00. The molecule has 4 nitrogen and oxygen atoms in total. The summed E-state index contributed by atoms with van der Waals surface area (Å²) in [6, 6.07) is 0. The molecular formula is C8H15BO4. The lowest BCUT2D eigenvalue weighted by molar-refractivity contribution is -0.108.